The molecule has 1 aromatic carbocycles. The average Bonchev–Trinajstić information content (AvgIpc) is 2.69. The van der Waals surface area contributed by atoms with Crippen LogP contribution in [0.3, 0.4) is 0 Å². The Hall–Kier alpha value is -2.62. The van der Waals surface area contributed by atoms with Crippen molar-refractivity contribution in [1.29, 1.82) is 0 Å². The van der Waals surface area contributed by atoms with Gasteiger partial charge in [-0.2, -0.15) is 9.41 Å². The smallest absolute Gasteiger partial charge is 0.271 e. The molecule has 1 aliphatic rings. The number of rotatable bonds is 5. The standard InChI is InChI=1S/C17H18N4O4S/c22-17(20-19-13-14-2-1-7-18-12-14)15-3-5-16(6-4-15)26(23,24)21-8-10-25-11-9-21/h1-7,12-13H,8-11H2,(H,20,22). The first-order chi connectivity index (χ1) is 12.6. The van der Waals surface area contributed by atoms with E-state index < -0.39 is 15.9 Å². The fourth-order valence-corrected chi connectivity index (χ4v) is 3.80. The number of carbonyl (C=O) groups is 1. The van der Waals surface area contributed by atoms with Crippen molar-refractivity contribution in [3.63, 3.8) is 0 Å². The van der Waals surface area contributed by atoms with Gasteiger partial charge in [0, 0.05) is 36.6 Å². The number of nitrogens with zero attached hydrogens (tertiary/aromatic N) is 3. The van der Waals surface area contributed by atoms with Gasteiger partial charge < -0.3 is 4.74 Å². The van der Waals surface area contributed by atoms with Crippen LogP contribution in [-0.4, -0.2) is 56.1 Å². The van der Waals surface area contributed by atoms with Gasteiger partial charge in [0.2, 0.25) is 10.0 Å². The van der Waals surface area contributed by atoms with E-state index in [1.54, 1.807) is 24.5 Å². The van der Waals surface area contributed by atoms with E-state index >= 15 is 0 Å². The van der Waals surface area contributed by atoms with Crippen molar-refractivity contribution in [2.45, 2.75) is 4.90 Å². The third-order valence-electron chi connectivity index (χ3n) is 3.79. The summed E-state index contributed by atoms with van der Waals surface area (Å²) in [6, 6.07) is 9.32. The van der Waals surface area contributed by atoms with Crippen molar-refractivity contribution in [1.82, 2.24) is 14.7 Å². The predicted molar refractivity (Wildman–Crippen MR) is 95.3 cm³/mol. The van der Waals surface area contributed by atoms with Gasteiger partial charge in [0.1, 0.15) is 0 Å². The molecule has 26 heavy (non-hydrogen) atoms. The zero-order chi connectivity index (χ0) is 18.4. The molecule has 0 atom stereocenters. The lowest BCUT2D eigenvalue weighted by atomic mass is 10.2. The molecule has 136 valence electrons. The van der Waals surface area contributed by atoms with Gasteiger partial charge in [-0.15, -0.1) is 0 Å². The van der Waals surface area contributed by atoms with Gasteiger partial charge in [-0.1, -0.05) is 6.07 Å². The lowest BCUT2D eigenvalue weighted by molar-refractivity contribution is 0.0730. The van der Waals surface area contributed by atoms with Gasteiger partial charge in [0.15, 0.2) is 0 Å². The largest absolute Gasteiger partial charge is 0.379 e. The number of carbonyl (C=O) groups excluding carboxylic acids is 1. The summed E-state index contributed by atoms with van der Waals surface area (Å²) in [5.74, 6) is -0.430. The van der Waals surface area contributed by atoms with Crippen molar-refractivity contribution in [3.8, 4) is 0 Å². The Balaban J connectivity index is 1.65. The van der Waals surface area contributed by atoms with Crippen LogP contribution in [0.25, 0.3) is 0 Å². The third kappa shape index (κ3) is 4.31. The number of amides is 1. The zero-order valence-corrected chi connectivity index (χ0v) is 14.7. The Kier molecular flexibility index (Phi) is 5.71. The lowest BCUT2D eigenvalue weighted by Crippen LogP contribution is -2.40. The molecule has 2 aromatic rings. The number of ether oxygens (including phenoxy) is 1. The van der Waals surface area contributed by atoms with Crippen molar-refractivity contribution in [3.05, 3.63) is 59.9 Å². The number of pyridine rings is 1. The second-order valence-corrected chi connectivity index (χ2v) is 7.46. The fraction of sp³-hybridized carbons (Fsp3) is 0.235. The number of nitrogens with one attached hydrogen (secondary N) is 1. The molecule has 0 saturated carbocycles. The molecule has 1 fully saturated rings. The van der Waals surface area contributed by atoms with E-state index in [1.165, 1.54) is 34.8 Å². The second kappa shape index (κ2) is 8.17. The van der Waals surface area contributed by atoms with Crippen LogP contribution in [0.5, 0.6) is 0 Å². The highest BCUT2D eigenvalue weighted by molar-refractivity contribution is 7.89. The minimum Gasteiger partial charge on any atom is -0.379 e. The Bertz CT molecular complexity index is 877. The van der Waals surface area contributed by atoms with E-state index in [9.17, 15) is 13.2 Å². The highest BCUT2D eigenvalue weighted by Crippen LogP contribution is 2.17. The molecule has 0 spiro atoms. The van der Waals surface area contributed by atoms with Crippen LogP contribution in [0.2, 0.25) is 0 Å². The van der Waals surface area contributed by atoms with E-state index in [0.717, 1.165) is 5.56 Å². The van der Waals surface area contributed by atoms with Crippen molar-refractivity contribution in [2.75, 3.05) is 26.3 Å². The Morgan fingerprint density at radius 1 is 1.19 bits per heavy atom. The summed E-state index contributed by atoms with van der Waals surface area (Å²) in [6.07, 6.45) is 4.73. The highest BCUT2D eigenvalue weighted by Gasteiger charge is 2.26. The maximum absolute atomic E-state index is 12.5. The summed E-state index contributed by atoms with van der Waals surface area (Å²) in [6.45, 7) is 1.42. The molecule has 1 N–H and O–H groups in total. The van der Waals surface area contributed by atoms with Crippen LogP contribution in [-0.2, 0) is 14.8 Å². The van der Waals surface area contributed by atoms with Crippen molar-refractivity contribution < 1.29 is 17.9 Å². The number of morpholine rings is 1. The number of benzene rings is 1. The molecule has 1 amide bonds. The van der Waals surface area contributed by atoms with Crippen LogP contribution in [0.15, 0.2) is 58.8 Å². The van der Waals surface area contributed by atoms with Crippen LogP contribution >= 0.6 is 0 Å². The van der Waals surface area contributed by atoms with Crippen LogP contribution in [0, 0.1) is 0 Å². The molecule has 1 saturated heterocycles. The maximum atomic E-state index is 12.5. The van der Waals surface area contributed by atoms with Gasteiger partial charge in [-0.3, -0.25) is 9.78 Å². The molecule has 1 aliphatic heterocycles. The molecule has 3 rings (SSSR count). The Labute approximate surface area is 151 Å². The Morgan fingerprint density at radius 2 is 1.92 bits per heavy atom. The van der Waals surface area contributed by atoms with Gasteiger partial charge in [0.05, 0.1) is 24.3 Å². The number of hydrogen-bond acceptors (Lipinski definition) is 6. The van der Waals surface area contributed by atoms with E-state index in [4.69, 9.17) is 4.74 Å². The molecule has 0 unspecified atom stereocenters. The lowest BCUT2D eigenvalue weighted by Gasteiger charge is -2.26. The SMILES string of the molecule is O=C(NN=Cc1cccnc1)c1ccc(S(=O)(=O)N2CCOCC2)cc1. The second-order valence-electron chi connectivity index (χ2n) is 5.53. The number of hydrazone groups is 1. The topological polar surface area (TPSA) is 101 Å². The minimum absolute atomic E-state index is 0.148. The van der Waals surface area contributed by atoms with Crippen LogP contribution in [0.1, 0.15) is 15.9 Å². The first kappa shape index (κ1) is 18.2. The van der Waals surface area contributed by atoms with Gasteiger partial charge >= 0.3 is 0 Å². The summed E-state index contributed by atoms with van der Waals surface area (Å²) in [7, 11) is -3.57. The first-order valence-corrected chi connectivity index (χ1v) is 9.43. The summed E-state index contributed by atoms with van der Waals surface area (Å²) in [5.41, 5.74) is 3.46. The van der Waals surface area contributed by atoms with Crippen molar-refractivity contribution in [2.24, 2.45) is 5.10 Å². The molecular formula is C17H18N4O4S. The van der Waals surface area contributed by atoms with E-state index in [1.807, 2.05) is 0 Å². The maximum Gasteiger partial charge on any atom is 0.271 e. The highest BCUT2D eigenvalue weighted by atomic mass is 32.2. The third-order valence-corrected chi connectivity index (χ3v) is 5.70. The molecule has 1 aromatic heterocycles. The minimum atomic E-state index is -3.57. The quantitative estimate of drug-likeness (QED) is 0.618. The van der Waals surface area contributed by atoms with E-state index in [-0.39, 0.29) is 4.90 Å². The van der Waals surface area contributed by atoms with Gasteiger partial charge in [0.25, 0.3) is 5.91 Å². The monoisotopic (exact) mass is 374 g/mol. The van der Waals surface area contributed by atoms with Crippen molar-refractivity contribution >= 4 is 22.1 Å². The Morgan fingerprint density at radius 3 is 2.58 bits per heavy atom. The molecule has 0 aliphatic carbocycles. The summed E-state index contributed by atoms with van der Waals surface area (Å²) in [5, 5.41) is 3.86. The summed E-state index contributed by atoms with van der Waals surface area (Å²) in [4.78, 5) is 16.2. The first-order valence-electron chi connectivity index (χ1n) is 7.99. The summed E-state index contributed by atoms with van der Waals surface area (Å²) >= 11 is 0. The fourth-order valence-electron chi connectivity index (χ4n) is 2.40. The van der Waals surface area contributed by atoms with E-state index in [2.05, 4.69) is 15.5 Å². The molecular weight excluding hydrogens is 356 g/mol. The molecule has 2 heterocycles. The van der Waals surface area contributed by atoms with E-state index in [0.29, 0.717) is 31.9 Å². The number of aromatic nitrogens is 1. The normalized spacial score (nSPS) is 15.8. The summed E-state index contributed by atoms with van der Waals surface area (Å²) < 4.78 is 31.6. The van der Waals surface area contributed by atoms with Crippen LogP contribution < -0.4 is 5.43 Å². The molecule has 9 heteroatoms. The molecule has 8 nitrogen and oxygen atoms in total. The number of sulfonamides is 1. The van der Waals surface area contributed by atoms with Gasteiger partial charge in [-0.25, -0.2) is 13.8 Å². The van der Waals surface area contributed by atoms with Crippen LogP contribution in [0.4, 0.5) is 0 Å². The van der Waals surface area contributed by atoms with Gasteiger partial charge in [-0.05, 0) is 30.3 Å². The number of hydrogen-bond donors (Lipinski definition) is 1. The average molecular weight is 374 g/mol. The molecule has 0 bridgehead atoms. The predicted octanol–water partition coefficient (Wildman–Crippen LogP) is 0.866. The molecule has 0 radical (unpaired) electrons. The zero-order valence-electron chi connectivity index (χ0n) is 13.9.